The normalized spacial score (nSPS) is 18.5. The minimum absolute atomic E-state index is 0.0429. The monoisotopic (exact) mass is 348 g/mol. The number of carbonyl (C=O) groups is 1. The van der Waals surface area contributed by atoms with Gasteiger partial charge in [0.1, 0.15) is 5.82 Å². The molecular weight excluding hydrogens is 328 g/mol. The third-order valence-electron chi connectivity index (χ3n) is 4.74. The van der Waals surface area contributed by atoms with Crippen LogP contribution in [0.25, 0.3) is 10.9 Å². The molecule has 1 fully saturated rings. The van der Waals surface area contributed by atoms with Gasteiger partial charge in [-0.15, -0.1) is 0 Å². The first-order valence-electron chi connectivity index (χ1n) is 8.74. The van der Waals surface area contributed by atoms with Crippen molar-refractivity contribution in [1.29, 1.82) is 0 Å². The molecule has 1 saturated heterocycles. The van der Waals surface area contributed by atoms with Crippen LogP contribution in [0.4, 0.5) is 0 Å². The van der Waals surface area contributed by atoms with Crippen molar-refractivity contribution in [3.63, 3.8) is 0 Å². The highest BCUT2D eigenvalue weighted by atomic mass is 16.1. The van der Waals surface area contributed by atoms with Crippen LogP contribution >= 0.6 is 0 Å². The second kappa shape index (κ2) is 7.09. The number of fused-ring (bicyclic) bond motifs is 1. The molecule has 1 aromatic heterocycles. The molecule has 2 N–H and O–H groups in total. The highest BCUT2D eigenvalue weighted by Gasteiger charge is 2.26. The summed E-state index contributed by atoms with van der Waals surface area (Å²) in [6.07, 6.45) is 0.391. The number of rotatable bonds is 3. The average Bonchev–Trinajstić information content (AvgIpc) is 2.84. The van der Waals surface area contributed by atoms with Gasteiger partial charge in [-0.3, -0.25) is 14.5 Å². The summed E-state index contributed by atoms with van der Waals surface area (Å²) < 4.78 is 0. The topological polar surface area (TPSA) is 78.1 Å². The summed E-state index contributed by atoms with van der Waals surface area (Å²) in [4.78, 5) is 34.1. The maximum atomic E-state index is 12.3. The number of aromatic nitrogens is 2. The number of nitrogens with zero attached hydrogens (tertiary/aromatic N) is 2. The smallest absolute Gasteiger partial charge is 0.258 e. The molecule has 4 rings (SSSR count). The summed E-state index contributed by atoms with van der Waals surface area (Å²) in [6.45, 7) is 1.76. The van der Waals surface area contributed by atoms with Crippen LogP contribution in [0, 0.1) is 0 Å². The molecule has 2 aromatic carbocycles. The second-order valence-electron chi connectivity index (χ2n) is 6.48. The molecule has 0 saturated carbocycles. The van der Waals surface area contributed by atoms with Gasteiger partial charge in [-0.05, 0) is 17.7 Å². The Kier molecular flexibility index (Phi) is 4.50. The van der Waals surface area contributed by atoms with Gasteiger partial charge in [-0.1, -0.05) is 42.5 Å². The lowest BCUT2D eigenvalue weighted by Crippen LogP contribution is -2.32. The molecule has 132 valence electrons. The number of nitrogens with one attached hydrogen (secondary N) is 2. The lowest BCUT2D eigenvalue weighted by Gasteiger charge is -2.28. The van der Waals surface area contributed by atoms with Crippen molar-refractivity contribution in [3.8, 4) is 0 Å². The molecule has 1 atom stereocenters. The van der Waals surface area contributed by atoms with E-state index in [1.807, 2.05) is 48.5 Å². The van der Waals surface area contributed by atoms with Gasteiger partial charge in [0.25, 0.3) is 5.56 Å². The highest BCUT2D eigenvalue weighted by Crippen LogP contribution is 2.26. The van der Waals surface area contributed by atoms with Crippen LogP contribution in [-0.4, -0.2) is 33.9 Å². The lowest BCUT2D eigenvalue weighted by atomic mass is 10.0. The molecule has 26 heavy (non-hydrogen) atoms. The summed E-state index contributed by atoms with van der Waals surface area (Å²) in [6, 6.07) is 17.3. The predicted octanol–water partition coefficient (Wildman–Crippen LogP) is 1.99. The summed E-state index contributed by atoms with van der Waals surface area (Å²) >= 11 is 0. The van der Waals surface area contributed by atoms with Gasteiger partial charge < -0.3 is 10.3 Å². The minimum atomic E-state index is -0.133. The fourth-order valence-electron chi connectivity index (χ4n) is 3.47. The Labute approximate surface area is 150 Å². The third kappa shape index (κ3) is 3.36. The van der Waals surface area contributed by atoms with E-state index in [1.54, 1.807) is 6.07 Å². The van der Waals surface area contributed by atoms with Gasteiger partial charge in [-0.25, -0.2) is 4.98 Å². The van der Waals surface area contributed by atoms with Crippen LogP contribution in [0.2, 0.25) is 0 Å². The van der Waals surface area contributed by atoms with Crippen LogP contribution < -0.4 is 10.9 Å². The van der Waals surface area contributed by atoms with Gasteiger partial charge in [0, 0.05) is 25.6 Å². The molecule has 6 nitrogen and oxygen atoms in total. The Balaban J connectivity index is 1.68. The number of hydrogen-bond donors (Lipinski definition) is 2. The lowest BCUT2D eigenvalue weighted by molar-refractivity contribution is -0.121. The molecule has 1 amide bonds. The van der Waals surface area contributed by atoms with E-state index in [-0.39, 0.29) is 17.5 Å². The maximum Gasteiger partial charge on any atom is 0.258 e. The van der Waals surface area contributed by atoms with Crippen molar-refractivity contribution in [2.45, 2.75) is 19.0 Å². The van der Waals surface area contributed by atoms with Crippen LogP contribution in [0.15, 0.2) is 59.4 Å². The Morgan fingerprint density at radius 2 is 1.81 bits per heavy atom. The van der Waals surface area contributed by atoms with E-state index in [0.717, 1.165) is 5.56 Å². The third-order valence-corrected chi connectivity index (χ3v) is 4.74. The Morgan fingerprint density at radius 3 is 2.65 bits per heavy atom. The van der Waals surface area contributed by atoms with Crippen molar-refractivity contribution in [3.05, 3.63) is 76.3 Å². The van der Waals surface area contributed by atoms with Gasteiger partial charge in [0.2, 0.25) is 5.91 Å². The first kappa shape index (κ1) is 16.5. The van der Waals surface area contributed by atoms with Gasteiger partial charge in [0.15, 0.2) is 0 Å². The van der Waals surface area contributed by atoms with E-state index in [4.69, 9.17) is 0 Å². The minimum Gasteiger partial charge on any atom is -0.355 e. The highest BCUT2D eigenvalue weighted by molar-refractivity contribution is 5.77. The maximum absolute atomic E-state index is 12.3. The fourth-order valence-corrected chi connectivity index (χ4v) is 3.47. The van der Waals surface area contributed by atoms with E-state index in [1.165, 1.54) is 0 Å². The van der Waals surface area contributed by atoms with Crippen LogP contribution in [0.1, 0.15) is 23.9 Å². The zero-order chi connectivity index (χ0) is 17.9. The van der Waals surface area contributed by atoms with E-state index in [9.17, 15) is 9.59 Å². The molecule has 0 unspecified atom stereocenters. The second-order valence-corrected chi connectivity index (χ2v) is 6.48. The number of benzene rings is 2. The van der Waals surface area contributed by atoms with Gasteiger partial charge in [0.05, 0.1) is 17.4 Å². The van der Waals surface area contributed by atoms with Crippen LogP contribution in [0.3, 0.4) is 0 Å². The molecule has 0 aliphatic carbocycles. The van der Waals surface area contributed by atoms with Crippen molar-refractivity contribution < 1.29 is 4.79 Å². The van der Waals surface area contributed by atoms with Crippen molar-refractivity contribution in [1.82, 2.24) is 20.2 Å². The van der Waals surface area contributed by atoms with E-state index >= 15 is 0 Å². The largest absolute Gasteiger partial charge is 0.355 e. The van der Waals surface area contributed by atoms with Crippen molar-refractivity contribution >= 4 is 16.8 Å². The Bertz CT molecular complexity index is 984. The average molecular weight is 348 g/mol. The van der Waals surface area contributed by atoms with E-state index < -0.39 is 0 Å². The summed E-state index contributed by atoms with van der Waals surface area (Å²) in [5, 5.41) is 3.51. The van der Waals surface area contributed by atoms with Crippen molar-refractivity contribution in [2.24, 2.45) is 0 Å². The number of hydrogen-bond acceptors (Lipinski definition) is 4. The number of para-hydroxylation sites is 1. The number of amides is 1. The number of carbonyl (C=O) groups excluding carboxylic acids is 1. The van der Waals surface area contributed by atoms with E-state index in [2.05, 4.69) is 20.2 Å². The van der Waals surface area contributed by atoms with Gasteiger partial charge >= 0.3 is 0 Å². The molecule has 3 aromatic rings. The predicted molar refractivity (Wildman–Crippen MR) is 99.6 cm³/mol. The molecule has 0 radical (unpaired) electrons. The number of aromatic amines is 1. The summed E-state index contributed by atoms with van der Waals surface area (Å²) in [5.41, 5.74) is 1.64. The molecule has 1 aliphatic rings. The summed E-state index contributed by atoms with van der Waals surface area (Å²) in [7, 11) is 0. The SMILES string of the molecule is O=C1C[C@H](c2ccccc2)N(Cc2nc3ccccc3c(=O)[nH]2)CCN1. The first-order valence-corrected chi connectivity index (χ1v) is 8.74. The van der Waals surface area contributed by atoms with Gasteiger partial charge in [-0.2, -0.15) is 0 Å². The Hall–Kier alpha value is -2.99. The molecular formula is C20H20N4O2. The fraction of sp³-hybridized carbons (Fsp3) is 0.250. The van der Waals surface area contributed by atoms with Crippen LogP contribution in [-0.2, 0) is 11.3 Å². The molecule has 1 aliphatic heterocycles. The van der Waals surface area contributed by atoms with Crippen molar-refractivity contribution in [2.75, 3.05) is 13.1 Å². The van der Waals surface area contributed by atoms with Crippen LogP contribution in [0.5, 0.6) is 0 Å². The zero-order valence-electron chi connectivity index (χ0n) is 14.3. The molecule has 2 heterocycles. The molecule has 0 spiro atoms. The molecule has 6 heteroatoms. The Morgan fingerprint density at radius 1 is 1.04 bits per heavy atom. The number of H-pyrrole nitrogens is 1. The standard InChI is InChI=1S/C20H20N4O2/c25-19-12-17(14-6-2-1-3-7-14)24(11-10-21-19)13-18-22-16-9-5-4-8-15(16)20(26)23-18/h1-9,17H,10-13H2,(H,21,25)(H,22,23,26)/t17-/m1/s1. The first-order chi connectivity index (χ1) is 12.7. The summed E-state index contributed by atoms with van der Waals surface area (Å²) in [5.74, 6) is 0.658. The quantitative estimate of drug-likeness (QED) is 0.759. The molecule has 0 bridgehead atoms. The zero-order valence-corrected chi connectivity index (χ0v) is 14.3. The van der Waals surface area contributed by atoms with E-state index in [0.29, 0.717) is 42.8 Å².